The number of unbranched alkanes of at least 4 members (excludes halogenated alkanes) is 1. The van der Waals surface area contributed by atoms with E-state index in [0.29, 0.717) is 18.5 Å². The fraction of sp³-hybridized carbons (Fsp3) is 0.500. The van der Waals surface area contributed by atoms with Gasteiger partial charge in [-0.05, 0) is 71.2 Å². The first-order valence-electron chi connectivity index (χ1n) is 13.3. The number of phenolic OH excluding ortho intramolecular Hbond substituents is 1. The minimum absolute atomic E-state index is 0.103. The number of hydrogen-bond donors (Lipinski definition) is 3. The molecule has 3 amide bonds. The van der Waals surface area contributed by atoms with Gasteiger partial charge in [-0.1, -0.05) is 55.3 Å². The zero-order valence-electron chi connectivity index (χ0n) is 23.7. The molecule has 0 aromatic heterocycles. The Hall–Kier alpha value is -3.55. The van der Waals surface area contributed by atoms with E-state index in [0.717, 1.165) is 17.5 Å². The Morgan fingerprint density at radius 3 is 2.11 bits per heavy atom. The SMILES string of the molecule is CCCCN(C(=O)C(Cc1ccc(O)cc1)NC(=O)OC(C)(C)C)C(C(=O)NC(C)C)c1ccc(C)cc1. The van der Waals surface area contributed by atoms with E-state index >= 15 is 0 Å². The molecule has 2 rings (SSSR count). The monoisotopic (exact) mass is 525 g/mol. The number of benzene rings is 2. The summed E-state index contributed by atoms with van der Waals surface area (Å²) in [5.74, 6) is -0.568. The first-order valence-corrected chi connectivity index (χ1v) is 13.3. The number of amides is 3. The lowest BCUT2D eigenvalue weighted by atomic mass is 9.99. The van der Waals surface area contributed by atoms with Gasteiger partial charge in [0.2, 0.25) is 11.8 Å². The number of ether oxygens (including phenoxy) is 1. The van der Waals surface area contributed by atoms with E-state index < -0.39 is 23.8 Å². The summed E-state index contributed by atoms with van der Waals surface area (Å²) < 4.78 is 5.45. The van der Waals surface area contributed by atoms with Crippen molar-refractivity contribution in [3.8, 4) is 5.75 Å². The van der Waals surface area contributed by atoms with Gasteiger partial charge in [-0.2, -0.15) is 0 Å². The number of hydrogen-bond acceptors (Lipinski definition) is 5. The predicted octanol–water partition coefficient (Wildman–Crippen LogP) is 5.03. The molecule has 0 aliphatic rings. The molecular formula is C30H43N3O5. The van der Waals surface area contributed by atoms with Crippen LogP contribution in [0, 0.1) is 6.92 Å². The third-order valence-corrected chi connectivity index (χ3v) is 5.78. The number of nitrogens with zero attached hydrogens (tertiary/aromatic N) is 1. The molecule has 38 heavy (non-hydrogen) atoms. The third kappa shape index (κ3) is 9.72. The molecule has 0 fully saturated rings. The second kappa shape index (κ2) is 13.8. The lowest BCUT2D eigenvalue weighted by Gasteiger charge is -2.35. The molecule has 2 unspecified atom stereocenters. The number of carbonyl (C=O) groups is 3. The number of phenols is 1. The quantitative estimate of drug-likeness (QED) is 0.381. The van der Waals surface area contributed by atoms with Crippen molar-refractivity contribution >= 4 is 17.9 Å². The Balaban J connectivity index is 2.53. The molecule has 2 aromatic rings. The standard InChI is InChI=1S/C30H43N3O5/c1-8-9-18-33(26(27(35)31-20(2)3)23-14-10-21(4)11-15-23)28(36)25(32-29(37)38-30(5,6)7)19-22-12-16-24(34)17-13-22/h10-17,20,25-26,34H,8-9,18-19H2,1-7H3,(H,31,35)(H,32,37). The highest BCUT2D eigenvalue weighted by Crippen LogP contribution is 2.25. The van der Waals surface area contributed by atoms with Crippen LogP contribution in [0.5, 0.6) is 5.75 Å². The van der Waals surface area contributed by atoms with Gasteiger partial charge in [0, 0.05) is 19.0 Å². The van der Waals surface area contributed by atoms with Crippen LogP contribution in [0.3, 0.4) is 0 Å². The van der Waals surface area contributed by atoms with Gasteiger partial charge >= 0.3 is 6.09 Å². The second-order valence-electron chi connectivity index (χ2n) is 10.9. The molecule has 0 saturated heterocycles. The van der Waals surface area contributed by atoms with Crippen molar-refractivity contribution in [2.45, 2.75) is 91.5 Å². The Labute approximate surface area is 226 Å². The zero-order chi connectivity index (χ0) is 28.5. The largest absolute Gasteiger partial charge is 0.508 e. The van der Waals surface area contributed by atoms with Crippen LogP contribution in [0.15, 0.2) is 48.5 Å². The molecule has 0 heterocycles. The van der Waals surface area contributed by atoms with Gasteiger partial charge in [-0.3, -0.25) is 9.59 Å². The summed E-state index contributed by atoms with van der Waals surface area (Å²) >= 11 is 0. The summed E-state index contributed by atoms with van der Waals surface area (Å²) in [6.07, 6.45) is 0.941. The minimum Gasteiger partial charge on any atom is -0.508 e. The average Bonchev–Trinajstić information content (AvgIpc) is 2.81. The van der Waals surface area contributed by atoms with Crippen molar-refractivity contribution in [3.63, 3.8) is 0 Å². The Kier molecular flexibility index (Phi) is 11.2. The molecule has 8 nitrogen and oxygen atoms in total. The summed E-state index contributed by atoms with van der Waals surface area (Å²) in [4.78, 5) is 42.1. The van der Waals surface area contributed by atoms with Crippen LogP contribution in [-0.2, 0) is 20.7 Å². The fourth-order valence-electron chi connectivity index (χ4n) is 4.00. The maximum atomic E-state index is 14.2. The molecule has 0 aliphatic carbocycles. The van der Waals surface area contributed by atoms with Crippen molar-refractivity contribution in [3.05, 3.63) is 65.2 Å². The van der Waals surface area contributed by atoms with Crippen LogP contribution < -0.4 is 10.6 Å². The maximum absolute atomic E-state index is 14.2. The van der Waals surface area contributed by atoms with Crippen molar-refractivity contribution in [2.24, 2.45) is 0 Å². The number of nitrogens with one attached hydrogen (secondary N) is 2. The molecule has 8 heteroatoms. The topological polar surface area (TPSA) is 108 Å². The van der Waals surface area contributed by atoms with E-state index in [9.17, 15) is 19.5 Å². The van der Waals surface area contributed by atoms with Crippen LogP contribution in [0.25, 0.3) is 0 Å². The van der Waals surface area contributed by atoms with Gasteiger partial charge in [0.1, 0.15) is 23.4 Å². The van der Waals surface area contributed by atoms with E-state index in [1.165, 1.54) is 12.1 Å². The van der Waals surface area contributed by atoms with Crippen LogP contribution in [-0.4, -0.2) is 52.1 Å². The zero-order valence-corrected chi connectivity index (χ0v) is 23.7. The molecule has 0 saturated carbocycles. The summed E-state index contributed by atoms with van der Waals surface area (Å²) in [6.45, 7) is 13.3. The molecule has 3 N–H and O–H groups in total. The van der Waals surface area contributed by atoms with E-state index in [2.05, 4.69) is 10.6 Å². The highest BCUT2D eigenvalue weighted by molar-refractivity contribution is 5.92. The van der Waals surface area contributed by atoms with Crippen LogP contribution in [0.4, 0.5) is 4.79 Å². The Morgan fingerprint density at radius 2 is 1.58 bits per heavy atom. The van der Waals surface area contributed by atoms with Crippen molar-refractivity contribution in [1.82, 2.24) is 15.5 Å². The Morgan fingerprint density at radius 1 is 0.974 bits per heavy atom. The van der Waals surface area contributed by atoms with Gasteiger partial charge in [-0.15, -0.1) is 0 Å². The Bertz CT molecular complexity index is 1060. The van der Waals surface area contributed by atoms with Gasteiger partial charge < -0.3 is 25.4 Å². The number of carbonyl (C=O) groups excluding carboxylic acids is 3. The van der Waals surface area contributed by atoms with Crippen LogP contribution >= 0.6 is 0 Å². The summed E-state index contributed by atoms with van der Waals surface area (Å²) in [7, 11) is 0. The van der Waals surface area contributed by atoms with Crippen molar-refractivity contribution in [1.29, 1.82) is 0 Å². The number of aryl methyl sites for hydroxylation is 1. The predicted molar refractivity (Wildman–Crippen MR) is 149 cm³/mol. The summed E-state index contributed by atoms with van der Waals surface area (Å²) in [5, 5.41) is 15.4. The van der Waals surface area contributed by atoms with E-state index in [1.54, 1.807) is 37.8 Å². The molecule has 208 valence electrons. The first kappa shape index (κ1) is 30.7. The lowest BCUT2D eigenvalue weighted by Crippen LogP contribution is -2.54. The number of rotatable bonds is 11. The maximum Gasteiger partial charge on any atom is 0.408 e. The van der Waals surface area contributed by atoms with E-state index in [1.807, 2.05) is 52.0 Å². The molecular weight excluding hydrogens is 482 g/mol. The molecule has 0 aliphatic heterocycles. The van der Waals surface area contributed by atoms with Gasteiger partial charge in [0.05, 0.1) is 0 Å². The third-order valence-electron chi connectivity index (χ3n) is 5.78. The van der Waals surface area contributed by atoms with Crippen molar-refractivity contribution in [2.75, 3.05) is 6.54 Å². The van der Waals surface area contributed by atoms with E-state index in [4.69, 9.17) is 4.74 Å². The van der Waals surface area contributed by atoms with Gasteiger partial charge in [0.15, 0.2) is 0 Å². The number of aromatic hydroxyl groups is 1. The fourth-order valence-corrected chi connectivity index (χ4v) is 4.00. The van der Waals surface area contributed by atoms with Gasteiger partial charge in [-0.25, -0.2) is 4.79 Å². The van der Waals surface area contributed by atoms with Crippen molar-refractivity contribution < 1.29 is 24.2 Å². The smallest absolute Gasteiger partial charge is 0.408 e. The highest BCUT2D eigenvalue weighted by atomic mass is 16.6. The molecule has 0 radical (unpaired) electrons. The normalized spacial score (nSPS) is 12.9. The molecule has 0 spiro atoms. The minimum atomic E-state index is -0.994. The highest BCUT2D eigenvalue weighted by Gasteiger charge is 2.36. The van der Waals surface area contributed by atoms with Gasteiger partial charge in [0.25, 0.3) is 0 Å². The average molecular weight is 526 g/mol. The second-order valence-corrected chi connectivity index (χ2v) is 10.9. The first-order chi connectivity index (χ1) is 17.8. The number of alkyl carbamates (subject to hydrolysis) is 1. The summed E-state index contributed by atoms with van der Waals surface area (Å²) in [5.41, 5.74) is 1.73. The lowest BCUT2D eigenvalue weighted by molar-refractivity contribution is -0.142. The summed E-state index contributed by atoms with van der Waals surface area (Å²) in [6, 6.07) is 12.0. The van der Waals surface area contributed by atoms with Crippen LogP contribution in [0.2, 0.25) is 0 Å². The van der Waals surface area contributed by atoms with E-state index in [-0.39, 0.29) is 30.0 Å². The molecule has 2 atom stereocenters. The molecule has 2 aromatic carbocycles. The van der Waals surface area contributed by atoms with Crippen LogP contribution in [0.1, 0.15) is 77.1 Å². The molecule has 0 bridgehead atoms.